The maximum absolute atomic E-state index is 13.5. The lowest BCUT2D eigenvalue weighted by atomic mass is 9.77. The number of nitrogens with two attached hydrogens (primary N) is 1. The summed E-state index contributed by atoms with van der Waals surface area (Å²) in [5, 5.41) is 7.30. The van der Waals surface area contributed by atoms with Gasteiger partial charge in [0.25, 0.3) is 0 Å². The highest BCUT2D eigenvalue weighted by molar-refractivity contribution is 5.92. The third-order valence-electron chi connectivity index (χ3n) is 7.63. The number of carbonyl (C=O) groups excluding carboxylic acids is 2. The molecule has 2 amide bonds. The van der Waals surface area contributed by atoms with Gasteiger partial charge >= 0.3 is 0 Å². The molecular weight excluding hydrogens is 376 g/mol. The Morgan fingerprint density at radius 2 is 1.87 bits per heavy atom. The molecule has 0 bridgehead atoms. The SMILES string of the molecule is NC(=O)C1=CCC(C2=CCC(C(=O)N(C3CC3)C3CCc4[nH]ncc4C3)CC2)CC1. The molecule has 3 unspecified atom stereocenters. The minimum absolute atomic E-state index is 0.125. The van der Waals surface area contributed by atoms with E-state index in [-0.39, 0.29) is 11.8 Å². The van der Waals surface area contributed by atoms with Gasteiger partial charge in [-0.3, -0.25) is 14.7 Å². The van der Waals surface area contributed by atoms with Crippen LogP contribution in [0.1, 0.15) is 69.0 Å². The highest BCUT2D eigenvalue weighted by Gasteiger charge is 2.41. The van der Waals surface area contributed by atoms with E-state index >= 15 is 0 Å². The molecule has 6 nitrogen and oxygen atoms in total. The van der Waals surface area contributed by atoms with E-state index in [1.165, 1.54) is 16.8 Å². The van der Waals surface area contributed by atoms with Crippen LogP contribution in [0.2, 0.25) is 0 Å². The summed E-state index contributed by atoms with van der Waals surface area (Å²) in [7, 11) is 0. The fourth-order valence-corrected chi connectivity index (χ4v) is 5.70. The van der Waals surface area contributed by atoms with Gasteiger partial charge < -0.3 is 10.6 Å². The van der Waals surface area contributed by atoms with Crippen molar-refractivity contribution in [3.63, 3.8) is 0 Å². The van der Waals surface area contributed by atoms with E-state index in [4.69, 9.17) is 5.73 Å². The van der Waals surface area contributed by atoms with Gasteiger partial charge in [0.2, 0.25) is 11.8 Å². The minimum atomic E-state index is -0.276. The second kappa shape index (κ2) is 8.05. The summed E-state index contributed by atoms with van der Waals surface area (Å²) in [5.41, 5.74) is 10.2. The van der Waals surface area contributed by atoms with Gasteiger partial charge in [-0.2, -0.15) is 5.10 Å². The smallest absolute Gasteiger partial charge is 0.244 e. The fourth-order valence-electron chi connectivity index (χ4n) is 5.70. The van der Waals surface area contributed by atoms with E-state index < -0.39 is 0 Å². The number of allylic oxidation sites excluding steroid dienone is 3. The van der Waals surface area contributed by atoms with Crippen molar-refractivity contribution in [2.24, 2.45) is 17.6 Å². The Morgan fingerprint density at radius 3 is 2.53 bits per heavy atom. The number of aryl methyl sites for hydroxylation is 1. The maximum Gasteiger partial charge on any atom is 0.244 e. The average molecular weight is 409 g/mol. The molecule has 160 valence electrons. The summed E-state index contributed by atoms with van der Waals surface area (Å²) >= 11 is 0. The van der Waals surface area contributed by atoms with Crippen molar-refractivity contribution >= 4 is 11.8 Å². The van der Waals surface area contributed by atoms with Gasteiger partial charge in [-0.25, -0.2) is 0 Å². The van der Waals surface area contributed by atoms with E-state index in [9.17, 15) is 9.59 Å². The molecule has 3 atom stereocenters. The Bertz CT molecular complexity index is 895. The number of amides is 2. The van der Waals surface area contributed by atoms with E-state index in [1.807, 2.05) is 12.3 Å². The zero-order valence-corrected chi connectivity index (χ0v) is 17.6. The number of nitrogens with zero attached hydrogens (tertiary/aromatic N) is 2. The molecule has 1 saturated carbocycles. The van der Waals surface area contributed by atoms with Crippen molar-refractivity contribution in [3.8, 4) is 0 Å². The minimum Gasteiger partial charge on any atom is -0.366 e. The molecule has 1 heterocycles. The first kappa shape index (κ1) is 19.6. The summed E-state index contributed by atoms with van der Waals surface area (Å²) < 4.78 is 0. The molecule has 30 heavy (non-hydrogen) atoms. The van der Waals surface area contributed by atoms with Crippen molar-refractivity contribution in [1.29, 1.82) is 0 Å². The van der Waals surface area contributed by atoms with Gasteiger partial charge in [-0.15, -0.1) is 0 Å². The number of aromatic amines is 1. The Hall–Kier alpha value is -2.37. The first-order valence-corrected chi connectivity index (χ1v) is 11.6. The summed E-state index contributed by atoms with van der Waals surface area (Å²) in [6.07, 6.45) is 17.1. The van der Waals surface area contributed by atoms with Gasteiger partial charge in [0.1, 0.15) is 0 Å². The predicted octanol–water partition coefficient (Wildman–Crippen LogP) is 3.20. The molecule has 6 heteroatoms. The monoisotopic (exact) mass is 408 g/mol. The van der Waals surface area contributed by atoms with Crippen molar-refractivity contribution in [3.05, 3.63) is 40.8 Å². The van der Waals surface area contributed by atoms with E-state index in [0.29, 0.717) is 23.9 Å². The highest BCUT2D eigenvalue weighted by Crippen LogP contribution is 2.39. The Labute approximate surface area is 178 Å². The standard InChI is InChI=1S/C24H32N4O2/c25-23(29)17-5-1-15(2-6-17)16-3-7-18(8-4-16)24(30)28(20-9-10-20)21-11-12-22-19(13-21)14-26-27-22/h3,5,14-15,18,20-21H,1-2,4,6-13H2,(H2,25,29)(H,26,27). The number of fused-ring (bicyclic) bond motifs is 1. The fraction of sp³-hybridized carbons (Fsp3) is 0.625. The van der Waals surface area contributed by atoms with Gasteiger partial charge in [-0.1, -0.05) is 17.7 Å². The number of hydrogen-bond donors (Lipinski definition) is 2. The van der Waals surface area contributed by atoms with Crippen LogP contribution in [0.15, 0.2) is 29.5 Å². The van der Waals surface area contributed by atoms with Crippen LogP contribution in [0, 0.1) is 11.8 Å². The third-order valence-corrected chi connectivity index (χ3v) is 7.63. The van der Waals surface area contributed by atoms with Crippen LogP contribution >= 0.6 is 0 Å². The third kappa shape index (κ3) is 3.84. The molecule has 0 radical (unpaired) electrons. The summed E-state index contributed by atoms with van der Waals surface area (Å²) in [5.74, 6) is 0.744. The van der Waals surface area contributed by atoms with E-state index in [2.05, 4.69) is 21.2 Å². The molecule has 4 aliphatic carbocycles. The Morgan fingerprint density at radius 1 is 1.00 bits per heavy atom. The molecule has 1 aromatic rings. The topological polar surface area (TPSA) is 92.1 Å². The quantitative estimate of drug-likeness (QED) is 0.733. The molecule has 0 aromatic carbocycles. The van der Waals surface area contributed by atoms with Crippen LogP contribution in [0.5, 0.6) is 0 Å². The number of rotatable bonds is 5. The Kier molecular flexibility index (Phi) is 5.25. The zero-order valence-electron chi connectivity index (χ0n) is 17.6. The molecule has 0 spiro atoms. The number of hydrogen-bond acceptors (Lipinski definition) is 3. The van der Waals surface area contributed by atoms with Crippen molar-refractivity contribution < 1.29 is 9.59 Å². The number of aromatic nitrogens is 2. The predicted molar refractivity (Wildman–Crippen MR) is 114 cm³/mol. The van der Waals surface area contributed by atoms with Crippen LogP contribution in [0.25, 0.3) is 0 Å². The number of carbonyl (C=O) groups is 2. The molecule has 5 rings (SSSR count). The lowest BCUT2D eigenvalue weighted by Crippen LogP contribution is -2.47. The summed E-state index contributed by atoms with van der Waals surface area (Å²) in [4.78, 5) is 27.2. The van der Waals surface area contributed by atoms with Crippen molar-refractivity contribution in [1.82, 2.24) is 15.1 Å². The molecule has 4 aliphatic rings. The van der Waals surface area contributed by atoms with Crippen LogP contribution in [-0.2, 0) is 22.4 Å². The van der Waals surface area contributed by atoms with Crippen LogP contribution < -0.4 is 5.73 Å². The van der Waals surface area contributed by atoms with E-state index in [1.54, 1.807) is 0 Å². The Balaban J connectivity index is 1.23. The van der Waals surface area contributed by atoms with Gasteiger partial charge in [0, 0.05) is 29.3 Å². The number of primary amides is 1. The van der Waals surface area contributed by atoms with Crippen LogP contribution in [0.4, 0.5) is 0 Å². The zero-order chi connectivity index (χ0) is 20.7. The molecule has 0 aliphatic heterocycles. The van der Waals surface area contributed by atoms with Gasteiger partial charge in [-0.05, 0) is 82.1 Å². The molecular formula is C24H32N4O2. The number of H-pyrrole nitrogens is 1. The van der Waals surface area contributed by atoms with E-state index in [0.717, 1.165) is 76.2 Å². The van der Waals surface area contributed by atoms with Gasteiger partial charge in [0.15, 0.2) is 0 Å². The van der Waals surface area contributed by atoms with Crippen LogP contribution in [0.3, 0.4) is 0 Å². The van der Waals surface area contributed by atoms with Crippen molar-refractivity contribution in [2.45, 2.75) is 82.7 Å². The molecule has 0 saturated heterocycles. The lowest BCUT2D eigenvalue weighted by molar-refractivity contribution is -0.139. The molecule has 3 N–H and O–H groups in total. The average Bonchev–Trinajstić information content (AvgIpc) is 3.49. The molecule has 1 aromatic heterocycles. The summed E-state index contributed by atoms with van der Waals surface area (Å²) in [6, 6.07) is 0.785. The second-order valence-corrected chi connectivity index (χ2v) is 9.56. The highest BCUT2D eigenvalue weighted by atomic mass is 16.2. The van der Waals surface area contributed by atoms with Crippen LogP contribution in [-0.4, -0.2) is 39.0 Å². The maximum atomic E-state index is 13.5. The first-order valence-electron chi connectivity index (χ1n) is 11.6. The van der Waals surface area contributed by atoms with Crippen molar-refractivity contribution in [2.75, 3.05) is 0 Å². The largest absolute Gasteiger partial charge is 0.366 e. The normalized spacial score (nSPS) is 28.9. The summed E-state index contributed by atoms with van der Waals surface area (Å²) in [6.45, 7) is 0. The number of nitrogens with one attached hydrogen (secondary N) is 1. The molecule has 1 fully saturated rings. The first-order chi connectivity index (χ1) is 14.6. The lowest BCUT2D eigenvalue weighted by Gasteiger charge is -2.38. The second-order valence-electron chi connectivity index (χ2n) is 9.56. The van der Waals surface area contributed by atoms with Gasteiger partial charge in [0.05, 0.1) is 6.20 Å².